The van der Waals surface area contributed by atoms with Crippen LogP contribution in [-0.2, 0) is 15.1 Å². The lowest BCUT2D eigenvalue weighted by Crippen LogP contribution is -2.48. The Morgan fingerprint density at radius 1 is 1.50 bits per heavy atom. The molecule has 0 aliphatic rings. The van der Waals surface area contributed by atoms with Gasteiger partial charge in [0.1, 0.15) is 0 Å². The van der Waals surface area contributed by atoms with Gasteiger partial charge < -0.3 is 10.0 Å². The molecule has 86 valence electrons. The van der Waals surface area contributed by atoms with Crippen LogP contribution < -0.4 is 0 Å². The van der Waals surface area contributed by atoms with Crippen molar-refractivity contribution in [3.8, 4) is 0 Å². The molecule has 1 N–H and O–H groups in total. The van der Waals surface area contributed by atoms with E-state index >= 15 is 0 Å². The molecule has 1 amide bonds. The topological polar surface area (TPSA) is 83.4 Å². The highest BCUT2D eigenvalue weighted by Crippen LogP contribution is 2.26. The molecule has 0 aliphatic carbocycles. The fourth-order valence-electron chi connectivity index (χ4n) is 1.41. The van der Waals surface area contributed by atoms with E-state index in [0.717, 1.165) is 4.90 Å². The number of rotatable bonds is 4. The van der Waals surface area contributed by atoms with Gasteiger partial charge in [-0.25, -0.2) is 4.79 Å². The minimum atomic E-state index is -1.50. The zero-order valence-electron chi connectivity index (χ0n) is 9.34. The van der Waals surface area contributed by atoms with Crippen molar-refractivity contribution in [3.05, 3.63) is 23.8 Å². The summed E-state index contributed by atoms with van der Waals surface area (Å²) in [6.45, 7) is 3.07. The van der Waals surface area contributed by atoms with E-state index in [1.807, 2.05) is 0 Å². The Balaban J connectivity index is 3.39. The van der Waals surface area contributed by atoms with Crippen molar-refractivity contribution in [2.75, 3.05) is 7.05 Å². The van der Waals surface area contributed by atoms with Crippen molar-refractivity contribution in [3.63, 3.8) is 0 Å². The Labute approximate surface area is 92.9 Å². The summed E-state index contributed by atoms with van der Waals surface area (Å²) in [7, 11) is 1.40. The first-order valence-electron chi connectivity index (χ1n) is 4.64. The van der Waals surface area contributed by atoms with Gasteiger partial charge in [0.05, 0.1) is 11.4 Å². The average molecular weight is 223 g/mol. The number of carboxylic acid groups (broad SMARTS) is 1. The second-order valence-electron chi connectivity index (χ2n) is 3.58. The van der Waals surface area contributed by atoms with Crippen LogP contribution >= 0.6 is 0 Å². The molecule has 0 bridgehead atoms. The third kappa shape index (κ3) is 1.73. The zero-order valence-corrected chi connectivity index (χ0v) is 9.34. The molecule has 1 unspecified atom stereocenters. The molecular formula is C10H13N3O3. The molecule has 1 rings (SSSR count). The Morgan fingerprint density at radius 3 is 2.50 bits per heavy atom. The van der Waals surface area contributed by atoms with Crippen LogP contribution in [-0.4, -0.2) is 39.4 Å². The summed E-state index contributed by atoms with van der Waals surface area (Å²) in [6, 6.07) is 0. The molecule has 6 nitrogen and oxygen atoms in total. The predicted octanol–water partition coefficient (Wildman–Crippen LogP) is 0.173. The molecule has 1 atom stereocenters. The van der Waals surface area contributed by atoms with E-state index in [9.17, 15) is 14.7 Å². The summed E-state index contributed by atoms with van der Waals surface area (Å²) >= 11 is 0. The van der Waals surface area contributed by atoms with Crippen molar-refractivity contribution in [2.45, 2.75) is 19.4 Å². The first kappa shape index (κ1) is 12.1. The van der Waals surface area contributed by atoms with Gasteiger partial charge in [0.25, 0.3) is 0 Å². The van der Waals surface area contributed by atoms with Crippen molar-refractivity contribution in [1.82, 2.24) is 14.9 Å². The van der Waals surface area contributed by atoms with Crippen molar-refractivity contribution in [1.29, 1.82) is 0 Å². The Morgan fingerprint density at radius 2 is 2.06 bits per heavy atom. The number of aliphatic carboxylic acids is 1. The standard InChI is InChI=1S/C10H13N3O3/c1-7-8(12-5-4-11-7)10(2,9(15)16)13(3)6-14/h4-6H,1-3H3,(H,15,16). The smallest absolute Gasteiger partial charge is 0.335 e. The molecule has 16 heavy (non-hydrogen) atoms. The first-order chi connectivity index (χ1) is 7.44. The van der Waals surface area contributed by atoms with Gasteiger partial charge in [-0.3, -0.25) is 14.8 Å². The fourth-order valence-corrected chi connectivity index (χ4v) is 1.41. The van der Waals surface area contributed by atoms with Crippen LogP contribution in [0.5, 0.6) is 0 Å². The van der Waals surface area contributed by atoms with Crippen molar-refractivity contribution < 1.29 is 14.7 Å². The van der Waals surface area contributed by atoms with E-state index in [2.05, 4.69) is 9.97 Å². The van der Waals surface area contributed by atoms with Crippen molar-refractivity contribution in [2.24, 2.45) is 0 Å². The monoisotopic (exact) mass is 223 g/mol. The molecule has 0 radical (unpaired) electrons. The van der Waals surface area contributed by atoms with Gasteiger partial charge in [-0.2, -0.15) is 0 Å². The van der Waals surface area contributed by atoms with Crippen molar-refractivity contribution >= 4 is 12.4 Å². The molecule has 1 aromatic rings. The molecule has 0 spiro atoms. The summed E-state index contributed by atoms with van der Waals surface area (Å²) in [5.74, 6) is -1.15. The predicted molar refractivity (Wildman–Crippen MR) is 55.6 cm³/mol. The number of likely N-dealkylation sites (N-methyl/N-ethyl adjacent to an activating group) is 1. The molecule has 0 fully saturated rings. The maximum absolute atomic E-state index is 11.3. The molecule has 1 aromatic heterocycles. The molecule has 0 aliphatic heterocycles. The van der Waals surface area contributed by atoms with E-state index in [1.165, 1.54) is 26.4 Å². The zero-order chi connectivity index (χ0) is 12.3. The molecule has 0 saturated heterocycles. The number of hydrogen-bond donors (Lipinski definition) is 1. The Kier molecular flexibility index (Phi) is 3.22. The fraction of sp³-hybridized carbons (Fsp3) is 0.400. The average Bonchev–Trinajstić information content (AvgIpc) is 2.27. The second kappa shape index (κ2) is 4.26. The number of carboxylic acids is 1. The van der Waals surface area contributed by atoms with E-state index in [4.69, 9.17) is 0 Å². The second-order valence-corrected chi connectivity index (χ2v) is 3.58. The molecule has 0 saturated carbocycles. The van der Waals surface area contributed by atoms with E-state index in [-0.39, 0.29) is 5.69 Å². The number of aromatic nitrogens is 2. The minimum Gasteiger partial charge on any atom is -0.479 e. The number of nitrogens with zero attached hydrogens (tertiary/aromatic N) is 3. The number of hydrogen-bond acceptors (Lipinski definition) is 4. The lowest BCUT2D eigenvalue weighted by Gasteiger charge is -2.32. The largest absolute Gasteiger partial charge is 0.479 e. The summed E-state index contributed by atoms with van der Waals surface area (Å²) in [4.78, 5) is 31.1. The van der Waals surface area contributed by atoms with Crippen LogP contribution in [0.25, 0.3) is 0 Å². The van der Waals surface area contributed by atoms with Gasteiger partial charge in [-0.05, 0) is 13.8 Å². The maximum Gasteiger partial charge on any atom is 0.335 e. The van der Waals surface area contributed by atoms with E-state index in [1.54, 1.807) is 6.92 Å². The van der Waals surface area contributed by atoms with Gasteiger partial charge >= 0.3 is 5.97 Å². The van der Waals surface area contributed by atoms with Gasteiger partial charge in [-0.1, -0.05) is 0 Å². The quantitative estimate of drug-likeness (QED) is 0.736. The van der Waals surface area contributed by atoms with Crippen LogP contribution in [0.2, 0.25) is 0 Å². The van der Waals surface area contributed by atoms with E-state index < -0.39 is 11.5 Å². The highest BCUT2D eigenvalue weighted by Gasteiger charge is 2.42. The number of carbonyl (C=O) groups excluding carboxylic acids is 1. The molecule has 0 aromatic carbocycles. The number of carbonyl (C=O) groups is 2. The highest BCUT2D eigenvalue weighted by atomic mass is 16.4. The Bertz CT molecular complexity index is 422. The maximum atomic E-state index is 11.3. The normalized spacial score (nSPS) is 13.9. The van der Waals surface area contributed by atoms with Crippen LogP contribution in [0, 0.1) is 6.92 Å². The molecular weight excluding hydrogens is 210 g/mol. The summed E-state index contributed by atoms with van der Waals surface area (Å²) < 4.78 is 0. The summed E-state index contributed by atoms with van der Waals surface area (Å²) in [5, 5.41) is 9.24. The lowest BCUT2D eigenvalue weighted by atomic mass is 9.94. The van der Waals surface area contributed by atoms with Gasteiger partial charge in [0, 0.05) is 19.4 Å². The highest BCUT2D eigenvalue weighted by molar-refractivity contribution is 5.82. The third-order valence-corrected chi connectivity index (χ3v) is 2.62. The summed E-state index contributed by atoms with van der Waals surface area (Å²) in [6.07, 6.45) is 3.34. The van der Waals surface area contributed by atoms with Crippen LogP contribution in [0.1, 0.15) is 18.3 Å². The minimum absolute atomic E-state index is 0.261. The number of aryl methyl sites for hydroxylation is 1. The van der Waals surface area contributed by atoms with Crippen LogP contribution in [0.15, 0.2) is 12.4 Å². The SMILES string of the molecule is Cc1nccnc1C(C)(C(=O)O)N(C)C=O. The summed E-state index contributed by atoms with van der Waals surface area (Å²) in [5.41, 5.74) is -0.752. The molecule has 6 heteroatoms. The lowest BCUT2D eigenvalue weighted by molar-refractivity contribution is -0.153. The van der Waals surface area contributed by atoms with Gasteiger partial charge in [0.2, 0.25) is 6.41 Å². The molecule has 1 heterocycles. The van der Waals surface area contributed by atoms with Crippen LogP contribution in [0.3, 0.4) is 0 Å². The van der Waals surface area contributed by atoms with Crippen LogP contribution in [0.4, 0.5) is 0 Å². The van der Waals surface area contributed by atoms with Gasteiger partial charge in [-0.15, -0.1) is 0 Å². The first-order valence-corrected chi connectivity index (χ1v) is 4.64. The van der Waals surface area contributed by atoms with Gasteiger partial charge in [0.15, 0.2) is 5.54 Å². The number of amides is 1. The third-order valence-electron chi connectivity index (χ3n) is 2.62. The van der Waals surface area contributed by atoms with E-state index in [0.29, 0.717) is 12.1 Å². The Hall–Kier alpha value is -1.98.